The molecule has 1 atom stereocenters. The van der Waals surface area contributed by atoms with E-state index in [0.29, 0.717) is 0 Å². The molecule has 7 rings (SSSR count). The van der Waals surface area contributed by atoms with Crippen LogP contribution < -0.4 is 4.74 Å². The van der Waals surface area contributed by atoms with Gasteiger partial charge in [-0.05, 0) is 52.2 Å². The summed E-state index contributed by atoms with van der Waals surface area (Å²) in [6.07, 6.45) is 0. The van der Waals surface area contributed by atoms with Crippen LogP contribution in [0.2, 0.25) is 0 Å². The molecule has 1 heterocycles. The minimum Gasteiger partial charge on any atom is -0.456 e. The lowest BCUT2D eigenvalue weighted by molar-refractivity contribution is 0.432. The second-order valence-electron chi connectivity index (χ2n) is 8.70. The molecule has 0 saturated heterocycles. The molecule has 6 aromatic carbocycles. The molecule has 1 unspecified atom stereocenters. The minimum atomic E-state index is -0.296. The molecule has 0 spiro atoms. The van der Waals surface area contributed by atoms with Gasteiger partial charge in [0.2, 0.25) is 0 Å². The smallest absolute Gasteiger partial charge is 0.139 e. The zero-order chi connectivity index (χ0) is 20.6. The monoisotopic (exact) mass is 396 g/mol. The number of para-hydroxylation sites is 1. The first kappa shape index (κ1) is 16.9. The van der Waals surface area contributed by atoms with Gasteiger partial charge in [0.25, 0.3) is 0 Å². The molecule has 0 amide bonds. The molecule has 31 heavy (non-hydrogen) atoms. The lowest BCUT2D eigenvalue weighted by Gasteiger charge is -2.39. The summed E-state index contributed by atoms with van der Waals surface area (Å²) in [6.45, 7) is 2.33. The van der Waals surface area contributed by atoms with Crippen molar-refractivity contribution < 1.29 is 4.74 Å². The van der Waals surface area contributed by atoms with E-state index in [0.717, 1.165) is 11.5 Å². The van der Waals surface area contributed by atoms with Crippen molar-refractivity contribution in [1.29, 1.82) is 0 Å². The molecule has 1 aliphatic rings. The molecule has 0 aliphatic carbocycles. The van der Waals surface area contributed by atoms with E-state index < -0.39 is 0 Å². The molecule has 1 nitrogen and oxygen atoms in total. The van der Waals surface area contributed by atoms with Gasteiger partial charge in [0.05, 0.1) is 0 Å². The summed E-state index contributed by atoms with van der Waals surface area (Å²) in [5.41, 5.74) is 3.42. The van der Waals surface area contributed by atoms with E-state index in [1.165, 1.54) is 49.0 Å². The molecule has 146 valence electrons. The van der Waals surface area contributed by atoms with Crippen LogP contribution in [0.15, 0.2) is 103 Å². The Bertz CT molecular complexity index is 1600. The molecule has 0 saturated carbocycles. The summed E-state index contributed by atoms with van der Waals surface area (Å²) in [5, 5.41) is 7.63. The first-order valence-corrected chi connectivity index (χ1v) is 10.8. The fraction of sp³-hybridized carbons (Fsp3) is 0.0667. The highest BCUT2D eigenvalue weighted by atomic mass is 16.5. The number of hydrogen-bond acceptors (Lipinski definition) is 1. The fourth-order valence-corrected chi connectivity index (χ4v) is 5.57. The van der Waals surface area contributed by atoms with Crippen LogP contribution in [0.3, 0.4) is 0 Å². The second kappa shape index (κ2) is 5.86. The predicted molar refractivity (Wildman–Crippen MR) is 129 cm³/mol. The summed E-state index contributed by atoms with van der Waals surface area (Å²) in [7, 11) is 0. The predicted octanol–water partition coefficient (Wildman–Crippen LogP) is 8.04. The third-order valence-corrected chi connectivity index (χ3v) is 7.13. The average molecular weight is 396 g/mol. The summed E-state index contributed by atoms with van der Waals surface area (Å²) in [5.74, 6) is 1.92. The lowest BCUT2D eigenvalue weighted by Crippen LogP contribution is -2.29. The van der Waals surface area contributed by atoms with Crippen molar-refractivity contribution in [2.45, 2.75) is 12.3 Å². The highest BCUT2D eigenvalue weighted by molar-refractivity contribution is 6.24. The van der Waals surface area contributed by atoms with Crippen molar-refractivity contribution in [3.05, 3.63) is 120 Å². The largest absolute Gasteiger partial charge is 0.456 e. The van der Waals surface area contributed by atoms with Crippen molar-refractivity contribution in [3.8, 4) is 11.5 Å². The molecule has 1 aliphatic heterocycles. The van der Waals surface area contributed by atoms with Gasteiger partial charge in [0.15, 0.2) is 0 Å². The van der Waals surface area contributed by atoms with Crippen LogP contribution in [-0.4, -0.2) is 0 Å². The van der Waals surface area contributed by atoms with E-state index in [-0.39, 0.29) is 5.41 Å². The fourth-order valence-electron chi connectivity index (χ4n) is 5.57. The molecule has 0 fully saturated rings. The van der Waals surface area contributed by atoms with Crippen LogP contribution in [0.5, 0.6) is 11.5 Å². The van der Waals surface area contributed by atoms with E-state index in [2.05, 4.69) is 110 Å². The van der Waals surface area contributed by atoms with Crippen LogP contribution in [0.4, 0.5) is 0 Å². The molecular weight excluding hydrogens is 376 g/mol. The second-order valence-corrected chi connectivity index (χ2v) is 8.70. The molecule has 0 aromatic heterocycles. The van der Waals surface area contributed by atoms with Crippen molar-refractivity contribution in [3.63, 3.8) is 0 Å². The number of benzene rings is 6. The molecule has 0 N–H and O–H groups in total. The SMILES string of the molecule is CC1(c2ccccc2)c2ccccc2Oc2c1cc1ccc3cccc4ccc2c1c34. The van der Waals surface area contributed by atoms with Crippen molar-refractivity contribution >= 4 is 32.3 Å². The van der Waals surface area contributed by atoms with E-state index in [4.69, 9.17) is 4.74 Å². The van der Waals surface area contributed by atoms with E-state index >= 15 is 0 Å². The van der Waals surface area contributed by atoms with Gasteiger partial charge < -0.3 is 4.74 Å². The van der Waals surface area contributed by atoms with Crippen molar-refractivity contribution in [1.82, 2.24) is 0 Å². The molecular formula is C30H20O. The van der Waals surface area contributed by atoms with Gasteiger partial charge in [0.1, 0.15) is 11.5 Å². The highest BCUT2D eigenvalue weighted by Gasteiger charge is 2.40. The van der Waals surface area contributed by atoms with E-state index in [1.54, 1.807) is 0 Å². The topological polar surface area (TPSA) is 9.23 Å². The highest BCUT2D eigenvalue weighted by Crippen LogP contribution is 2.55. The minimum absolute atomic E-state index is 0.296. The Balaban J connectivity index is 1.67. The van der Waals surface area contributed by atoms with Gasteiger partial charge >= 0.3 is 0 Å². The summed E-state index contributed by atoms with van der Waals surface area (Å²) >= 11 is 0. The van der Waals surface area contributed by atoms with Gasteiger partial charge in [-0.25, -0.2) is 0 Å². The maximum Gasteiger partial charge on any atom is 0.139 e. The van der Waals surface area contributed by atoms with Crippen LogP contribution in [-0.2, 0) is 5.41 Å². The third-order valence-electron chi connectivity index (χ3n) is 7.13. The zero-order valence-electron chi connectivity index (χ0n) is 17.2. The number of hydrogen-bond donors (Lipinski definition) is 0. The van der Waals surface area contributed by atoms with Crippen LogP contribution in [0, 0.1) is 0 Å². The van der Waals surface area contributed by atoms with Gasteiger partial charge in [-0.3, -0.25) is 0 Å². The van der Waals surface area contributed by atoms with Crippen molar-refractivity contribution in [2.75, 3.05) is 0 Å². The van der Waals surface area contributed by atoms with E-state index in [1.807, 2.05) is 0 Å². The lowest BCUT2D eigenvalue weighted by atomic mass is 9.68. The third kappa shape index (κ3) is 2.11. The van der Waals surface area contributed by atoms with Gasteiger partial charge in [-0.15, -0.1) is 0 Å². The first-order valence-electron chi connectivity index (χ1n) is 10.8. The van der Waals surface area contributed by atoms with Gasteiger partial charge in [-0.1, -0.05) is 84.9 Å². The Hall–Kier alpha value is -3.84. The Kier molecular flexibility index (Phi) is 3.20. The zero-order valence-corrected chi connectivity index (χ0v) is 17.2. The van der Waals surface area contributed by atoms with Crippen LogP contribution in [0.25, 0.3) is 32.3 Å². The number of rotatable bonds is 1. The van der Waals surface area contributed by atoms with Gasteiger partial charge in [-0.2, -0.15) is 0 Å². The Labute approximate surface area is 180 Å². The summed E-state index contributed by atoms with van der Waals surface area (Å²) in [4.78, 5) is 0. The molecule has 0 radical (unpaired) electrons. The molecule has 0 bridgehead atoms. The Morgan fingerprint density at radius 2 is 1.29 bits per heavy atom. The van der Waals surface area contributed by atoms with E-state index in [9.17, 15) is 0 Å². The normalized spacial score (nSPS) is 17.6. The number of fused-ring (bicyclic) bond motifs is 3. The average Bonchev–Trinajstić information content (AvgIpc) is 2.83. The summed E-state index contributed by atoms with van der Waals surface area (Å²) < 4.78 is 6.65. The van der Waals surface area contributed by atoms with Crippen molar-refractivity contribution in [2.24, 2.45) is 0 Å². The molecule has 1 heteroatoms. The van der Waals surface area contributed by atoms with Crippen LogP contribution in [0.1, 0.15) is 23.6 Å². The first-order chi connectivity index (χ1) is 15.2. The molecule has 6 aromatic rings. The quantitative estimate of drug-likeness (QED) is 0.256. The standard InChI is InChI=1S/C30H20O/c1-30(22-10-3-2-4-11-22)24-12-5-6-13-26(24)31-29-23-17-16-20-9-7-8-19-14-15-21(18-25(29)30)28(23)27(19)20/h2-18H,1H3. The van der Waals surface area contributed by atoms with Crippen LogP contribution >= 0.6 is 0 Å². The Morgan fingerprint density at radius 1 is 0.581 bits per heavy atom. The Morgan fingerprint density at radius 3 is 2.13 bits per heavy atom. The maximum atomic E-state index is 6.65. The van der Waals surface area contributed by atoms with Gasteiger partial charge in [0, 0.05) is 27.3 Å². The summed E-state index contributed by atoms with van der Waals surface area (Å²) in [6, 6.07) is 37.1. The maximum absolute atomic E-state index is 6.65. The number of ether oxygens (including phenoxy) is 1.